The fourth-order valence-corrected chi connectivity index (χ4v) is 4.14. The number of hydrogen-bond donors (Lipinski definition) is 2. The van der Waals surface area contributed by atoms with E-state index < -0.39 is 41.9 Å². The van der Waals surface area contributed by atoms with Crippen LogP contribution in [-0.4, -0.2) is 73.4 Å². The summed E-state index contributed by atoms with van der Waals surface area (Å²) in [5, 5.41) is 9.72. The largest absolute Gasteiger partial charge is 0.481 e. The van der Waals surface area contributed by atoms with Crippen LogP contribution in [0.3, 0.4) is 0 Å². The first-order valence-corrected chi connectivity index (χ1v) is 13.1. The van der Waals surface area contributed by atoms with E-state index in [1.54, 1.807) is 6.92 Å². The van der Waals surface area contributed by atoms with Gasteiger partial charge >= 0.3 is 19.8 Å². The third kappa shape index (κ3) is 10.0. The molecule has 10 heteroatoms. The number of carboxylic acids is 1. The summed E-state index contributed by atoms with van der Waals surface area (Å²) in [6.07, 6.45) is 0.747. The number of hydrogen-bond acceptors (Lipinski definition) is 6. The van der Waals surface area contributed by atoms with Crippen LogP contribution in [0.25, 0.3) is 0 Å². The molecule has 2 N–H and O–H groups in total. The Morgan fingerprint density at radius 3 is 1.91 bits per heavy atom. The molecule has 0 aliphatic heterocycles. The minimum absolute atomic E-state index is 0.0645. The molecule has 0 saturated heterocycles. The topological polar surface area (TPSA) is 119 Å². The smallest absolute Gasteiger partial charge is 0.472 e. The number of esters is 1. The molecule has 0 heterocycles. The van der Waals surface area contributed by atoms with E-state index >= 15 is 0 Å². The van der Waals surface area contributed by atoms with Gasteiger partial charge in [-0.15, -0.1) is 0 Å². The van der Waals surface area contributed by atoms with Crippen LogP contribution in [-0.2, 0) is 27.9 Å². The highest BCUT2D eigenvalue weighted by atomic mass is 31.2. The Balaban J connectivity index is 4.97. The van der Waals surface area contributed by atoms with Gasteiger partial charge in [0.2, 0.25) is 0 Å². The van der Waals surface area contributed by atoms with Crippen LogP contribution in [0.2, 0.25) is 0 Å². The predicted octanol–water partition coefficient (Wildman–Crippen LogP) is 4.34. The Bertz CT molecular complexity index is 701. The normalized spacial score (nSPS) is 17.7. The van der Waals surface area contributed by atoms with Crippen LogP contribution in [0.1, 0.15) is 68.2 Å². The zero-order valence-corrected chi connectivity index (χ0v) is 23.2. The molecule has 0 bridgehead atoms. The third-order valence-electron chi connectivity index (χ3n) is 7.09. The Hall–Kier alpha value is -0.990. The van der Waals surface area contributed by atoms with Crippen molar-refractivity contribution in [2.24, 2.45) is 22.2 Å². The molecule has 0 aromatic heterocycles. The van der Waals surface area contributed by atoms with E-state index in [4.69, 9.17) is 13.8 Å². The highest BCUT2D eigenvalue weighted by Crippen LogP contribution is 2.49. The van der Waals surface area contributed by atoms with Crippen LogP contribution in [0.15, 0.2) is 0 Å². The van der Waals surface area contributed by atoms with Gasteiger partial charge in [-0.05, 0) is 37.5 Å². The van der Waals surface area contributed by atoms with E-state index in [-0.39, 0.29) is 19.8 Å². The van der Waals surface area contributed by atoms with Crippen LogP contribution < -0.4 is 0 Å². The summed E-state index contributed by atoms with van der Waals surface area (Å²) in [5.74, 6) is -2.02. The number of carbonyl (C=O) groups excluding carboxylic acids is 1. The number of aliphatic carboxylic acids is 1. The minimum Gasteiger partial charge on any atom is -0.481 e. The van der Waals surface area contributed by atoms with Crippen molar-refractivity contribution in [3.63, 3.8) is 0 Å². The zero-order valence-electron chi connectivity index (χ0n) is 22.3. The SMILES string of the molecule is CCC(C)(C(=O)OCCOP(=O)(O)OCC[N+](C)(C)CC)C(C)(C)C[C@@H](C(=O)O)C(C)(C)C. The number of phosphoric acid groups is 1. The van der Waals surface area contributed by atoms with E-state index in [1.165, 1.54) is 0 Å². The summed E-state index contributed by atoms with van der Waals surface area (Å²) < 4.78 is 28.0. The quantitative estimate of drug-likeness (QED) is 0.149. The second-order valence-corrected chi connectivity index (χ2v) is 12.7. The lowest BCUT2D eigenvalue weighted by Crippen LogP contribution is -2.46. The summed E-state index contributed by atoms with van der Waals surface area (Å²) in [6.45, 7) is 16.0. The molecule has 2 unspecified atom stereocenters. The molecule has 0 saturated carbocycles. The number of likely N-dealkylation sites (N-methyl/N-ethyl adjacent to an activating group) is 1. The first-order valence-electron chi connectivity index (χ1n) is 11.6. The van der Waals surface area contributed by atoms with E-state index in [0.29, 0.717) is 23.9 Å². The molecule has 0 aliphatic rings. The van der Waals surface area contributed by atoms with Crippen molar-refractivity contribution in [2.45, 2.75) is 68.2 Å². The van der Waals surface area contributed by atoms with Crippen LogP contribution in [0, 0.1) is 22.2 Å². The summed E-state index contributed by atoms with van der Waals surface area (Å²) in [7, 11) is -0.275. The van der Waals surface area contributed by atoms with Gasteiger partial charge in [-0.25, -0.2) is 4.57 Å². The summed E-state index contributed by atoms with van der Waals surface area (Å²) >= 11 is 0. The van der Waals surface area contributed by atoms with E-state index in [2.05, 4.69) is 0 Å². The lowest BCUT2D eigenvalue weighted by atomic mass is 9.59. The molecular weight excluding hydrogens is 449 g/mol. The second-order valence-electron chi connectivity index (χ2n) is 11.3. The first-order chi connectivity index (χ1) is 14.7. The van der Waals surface area contributed by atoms with E-state index in [0.717, 1.165) is 6.54 Å². The average molecular weight is 497 g/mol. The number of ether oxygens (including phenoxy) is 1. The maximum Gasteiger partial charge on any atom is 0.472 e. The molecule has 0 aliphatic carbocycles. The summed E-state index contributed by atoms with van der Waals surface area (Å²) in [6, 6.07) is 0. The number of phosphoric ester groups is 1. The molecular formula is C23H47NO8P+. The zero-order chi connectivity index (χ0) is 26.3. The average Bonchev–Trinajstić information content (AvgIpc) is 2.67. The van der Waals surface area contributed by atoms with Gasteiger partial charge in [0, 0.05) is 0 Å². The van der Waals surface area contributed by atoms with Gasteiger partial charge in [0.15, 0.2) is 0 Å². The number of rotatable bonds is 15. The number of nitrogens with zero attached hydrogens (tertiary/aromatic N) is 1. The van der Waals surface area contributed by atoms with Gasteiger partial charge in [0.05, 0.1) is 38.6 Å². The van der Waals surface area contributed by atoms with Crippen LogP contribution >= 0.6 is 7.82 Å². The monoisotopic (exact) mass is 496 g/mol. The highest BCUT2D eigenvalue weighted by Gasteiger charge is 2.50. The highest BCUT2D eigenvalue weighted by molar-refractivity contribution is 7.47. The molecule has 9 nitrogen and oxygen atoms in total. The Labute approximate surface area is 200 Å². The number of carbonyl (C=O) groups is 2. The lowest BCUT2D eigenvalue weighted by molar-refractivity contribution is -0.888. The van der Waals surface area contributed by atoms with Crippen molar-refractivity contribution in [2.75, 3.05) is 47.0 Å². The molecule has 0 aromatic carbocycles. The van der Waals surface area contributed by atoms with Gasteiger partial charge in [-0.3, -0.25) is 18.6 Å². The van der Waals surface area contributed by atoms with Gasteiger partial charge in [0.25, 0.3) is 0 Å². The van der Waals surface area contributed by atoms with Gasteiger partial charge < -0.3 is 19.2 Å². The van der Waals surface area contributed by atoms with Gasteiger partial charge in [0.1, 0.15) is 19.8 Å². The molecule has 0 spiro atoms. The third-order valence-corrected chi connectivity index (χ3v) is 8.11. The molecule has 0 amide bonds. The van der Waals surface area contributed by atoms with Crippen molar-refractivity contribution < 1.29 is 42.4 Å². The predicted molar refractivity (Wildman–Crippen MR) is 128 cm³/mol. The van der Waals surface area contributed by atoms with Gasteiger partial charge in [-0.2, -0.15) is 0 Å². The van der Waals surface area contributed by atoms with E-state index in [1.807, 2.05) is 62.6 Å². The molecule has 0 fully saturated rings. The first kappa shape index (κ1) is 32.0. The molecule has 196 valence electrons. The maximum absolute atomic E-state index is 13.0. The van der Waals surface area contributed by atoms with Crippen molar-refractivity contribution in [1.82, 2.24) is 0 Å². The van der Waals surface area contributed by atoms with Crippen molar-refractivity contribution >= 4 is 19.8 Å². The molecule has 3 atom stereocenters. The summed E-state index contributed by atoms with van der Waals surface area (Å²) in [5.41, 5.74) is -2.09. The Morgan fingerprint density at radius 2 is 1.48 bits per heavy atom. The van der Waals surface area contributed by atoms with Gasteiger partial charge in [-0.1, -0.05) is 41.5 Å². The molecule has 0 radical (unpaired) electrons. The Kier molecular flexibility index (Phi) is 11.8. The second kappa shape index (κ2) is 12.1. The number of quaternary nitrogens is 1. The number of carboxylic acid groups (broad SMARTS) is 1. The molecule has 33 heavy (non-hydrogen) atoms. The minimum atomic E-state index is -4.24. The van der Waals surface area contributed by atoms with Crippen LogP contribution in [0.4, 0.5) is 0 Å². The van der Waals surface area contributed by atoms with Crippen LogP contribution in [0.5, 0.6) is 0 Å². The molecule has 0 rings (SSSR count). The van der Waals surface area contributed by atoms with Crippen molar-refractivity contribution in [3.05, 3.63) is 0 Å². The fraction of sp³-hybridized carbons (Fsp3) is 0.913. The maximum atomic E-state index is 13.0. The Morgan fingerprint density at radius 1 is 0.970 bits per heavy atom. The summed E-state index contributed by atoms with van der Waals surface area (Å²) in [4.78, 5) is 34.7. The lowest BCUT2D eigenvalue weighted by Gasteiger charge is -2.45. The van der Waals surface area contributed by atoms with Crippen molar-refractivity contribution in [1.29, 1.82) is 0 Å². The standard InChI is InChI=1S/C23H46NO8P/c1-11-23(8,22(6,7)17-18(19(25)26)21(3,4)5)20(27)30-15-16-32-33(28,29)31-14-13-24(9,10)12-2/h18H,11-17H2,1-10H3,(H-,25,26,28,29)/p+1/t18-,23?/m0/s1. The van der Waals surface area contributed by atoms with E-state index in [9.17, 15) is 24.2 Å². The van der Waals surface area contributed by atoms with Crippen molar-refractivity contribution in [3.8, 4) is 0 Å². The molecule has 0 aromatic rings. The fourth-order valence-electron chi connectivity index (χ4n) is 3.44.